The van der Waals surface area contributed by atoms with E-state index in [1.54, 1.807) is 0 Å². The van der Waals surface area contributed by atoms with Crippen LogP contribution in [0.25, 0.3) is 0 Å². The van der Waals surface area contributed by atoms with Gasteiger partial charge in [-0.3, -0.25) is 0 Å². The van der Waals surface area contributed by atoms with Gasteiger partial charge in [0.25, 0.3) is 0 Å². The SMILES string of the molecule is CC1CN(c2ccc(NC(=O)N3CCCCCC3)cc2)CC(C)O1. The van der Waals surface area contributed by atoms with E-state index in [1.165, 1.54) is 18.5 Å². The van der Waals surface area contributed by atoms with E-state index in [4.69, 9.17) is 4.74 Å². The van der Waals surface area contributed by atoms with Crippen LogP contribution in [0, 0.1) is 0 Å². The van der Waals surface area contributed by atoms with Gasteiger partial charge in [0, 0.05) is 37.6 Å². The number of urea groups is 1. The molecule has 0 aliphatic carbocycles. The summed E-state index contributed by atoms with van der Waals surface area (Å²) in [6.45, 7) is 7.77. The Kier molecular flexibility index (Phi) is 5.61. The van der Waals surface area contributed by atoms with Crippen molar-refractivity contribution in [3.05, 3.63) is 24.3 Å². The zero-order chi connectivity index (χ0) is 16.9. The molecule has 3 rings (SSSR count). The maximum Gasteiger partial charge on any atom is 0.321 e. The number of rotatable bonds is 2. The van der Waals surface area contributed by atoms with E-state index in [2.05, 4.69) is 36.2 Å². The molecular formula is C19H29N3O2. The number of morpholine rings is 1. The van der Waals surface area contributed by atoms with E-state index < -0.39 is 0 Å². The number of nitrogens with zero attached hydrogens (tertiary/aromatic N) is 2. The average molecular weight is 331 g/mol. The molecule has 0 bridgehead atoms. The molecule has 5 nitrogen and oxygen atoms in total. The van der Waals surface area contributed by atoms with E-state index in [0.29, 0.717) is 0 Å². The second-order valence-corrected chi connectivity index (χ2v) is 7.04. The van der Waals surface area contributed by atoms with E-state index in [0.717, 1.165) is 44.7 Å². The molecule has 0 spiro atoms. The minimum atomic E-state index is 0.0262. The number of hydrogen-bond acceptors (Lipinski definition) is 3. The zero-order valence-corrected chi connectivity index (χ0v) is 14.8. The van der Waals surface area contributed by atoms with Crippen molar-refractivity contribution in [1.82, 2.24) is 4.90 Å². The monoisotopic (exact) mass is 331 g/mol. The molecule has 2 fully saturated rings. The van der Waals surface area contributed by atoms with Crippen LogP contribution < -0.4 is 10.2 Å². The highest BCUT2D eigenvalue weighted by molar-refractivity contribution is 5.89. The van der Waals surface area contributed by atoms with Gasteiger partial charge in [0.2, 0.25) is 0 Å². The molecule has 2 unspecified atom stereocenters. The number of nitrogens with one attached hydrogen (secondary N) is 1. The quantitative estimate of drug-likeness (QED) is 0.898. The average Bonchev–Trinajstić information content (AvgIpc) is 2.84. The third-order valence-corrected chi connectivity index (χ3v) is 4.80. The van der Waals surface area contributed by atoms with Gasteiger partial charge in [-0.05, 0) is 51.0 Å². The number of benzene rings is 1. The fraction of sp³-hybridized carbons (Fsp3) is 0.632. The van der Waals surface area contributed by atoms with Crippen molar-refractivity contribution in [2.24, 2.45) is 0 Å². The van der Waals surface area contributed by atoms with Crippen LogP contribution in [0.4, 0.5) is 16.2 Å². The lowest BCUT2D eigenvalue weighted by atomic mass is 10.2. The van der Waals surface area contributed by atoms with Crippen LogP contribution in [-0.4, -0.2) is 49.3 Å². The van der Waals surface area contributed by atoms with Gasteiger partial charge < -0.3 is 19.9 Å². The molecule has 2 aliphatic heterocycles. The minimum absolute atomic E-state index is 0.0262. The summed E-state index contributed by atoms with van der Waals surface area (Å²) in [6.07, 6.45) is 5.18. The van der Waals surface area contributed by atoms with E-state index in [1.807, 2.05) is 17.0 Å². The van der Waals surface area contributed by atoms with E-state index >= 15 is 0 Å². The molecular weight excluding hydrogens is 302 g/mol. The molecule has 1 aromatic rings. The molecule has 5 heteroatoms. The van der Waals surface area contributed by atoms with Gasteiger partial charge in [-0.1, -0.05) is 12.8 Å². The molecule has 0 aromatic heterocycles. The Balaban J connectivity index is 1.58. The van der Waals surface area contributed by atoms with Crippen molar-refractivity contribution < 1.29 is 9.53 Å². The number of ether oxygens (including phenoxy) is 1. The molecule has 2 heterocycles. The lowest BCUT2D eigenvalue weighted by Gasteiger charge is -2.36. The first-order valence-corrected chi connectivity index (χ1v) is 9.18. The standard InChI is InChI=1S/C19H29N3O2/c1-15-13-22(14-16(2)24-15)18-9-7-17(8-10-18)20-19(23)21-11-5-3-4-6-12-21/h7-10,15-16H,3-6,11-14H2,1-2H3,(H,20,23). The zero-order valence-electron chi connectivity index (χ0n) is 14.8. The first-order valence-electron chi connectivity index (χ1n) is 9.18. The van der Waals surface area contributed by atoms with Gasteiger partial charge in [0.1, 0.15) is 0 Å². The Morgan fingerprint density at radius 1 is 1.00 bits per heavy atom. The van der Waals surface area contributed by atoms with Gasteiger partial charge in [0.05, 0.1) is 12.2 Å². The van der Waals surface area contributed by atoms with Gasteiger partial charge in [-0.2, -0.15) is 0 Å². The fourth-order valence-corrected chi connectivity index (χ4v) is 3.62. The molecule has 24 heavy (non-hydrogen) atoms. The summed E-state index contributed by atoms with van der Waals surface area (Å²) in [6, 6.07) is 8.19. The number of carbonyl (C=O) groups is 1. The van der Waals surface area contributed by atoms with Crippen molar-refractivity contribution in [2.45, 2.75) is 51.7 Å². The van der Waals surface area contributed by atoms with Crippen LogP contribution in [0.2, 0.25) is 0 Å². The van der Waals surface area contributed by atoms with Gasteiger partial charge >= 0.3 is 6.03 Å². The number of amides is 2. The first-order chi connectivity index (χ1) is 11.6. The van der Waals surface area contributed by atoms with Crippen LogP contribution in [0.3, 0.4) is 0 Å². The van der Waals surface area contributed by atoms with Crippen molar-refractivity contribution in [2.75, 3.05) is 36.4 Å². The highest BCUT2D eigenvalue weighted by Crippen LogP contribution is 2.22. The largest absolute Gasteiger partial charge is 0.372 e. The van der Waals surface area contributed by atoms with E-state index in [9.17, 15) is 4.79 Å². The Bertz CT molecular complexity index is 528. The molecule has 2 atom stereocenters. The fourth-order valence-electron chi connectivity index (χ4n) is 3.62. The molecule has 132 valence electrons. The smallest absolute Gasteiger partial charge is 0.321 e. The van der Waals surface area contributed by atoms with Gasteiger partial charge in [-0.15, -0.1) is 0 Å². The minimum Gasteiger partial charge on any atom is -0.372 e. The van der Waals surface area contributed by atoms with Crippen molar-refractivity contribution >= 4 is 17.4 Å². The van der Waals surface area contributed by atoms with Crippen molar-refractivity contribution in [3.8, 4) is 0 Å². The van der Waals surface area contributed by atoms with Crippen LogP contribution in [-0.2, 0) is 4.74 Å². The van der Waals surface area contributed by atoms with Gasteiger partial charge in [0.15, 0.2) is 0 Å². The number of anilines is 2. The van der Waals surface area contributed by atoms with E-state index in [-0.39, 0.29) is 18.2 Å². The summed E-state index contributed by atoms with van der Waals surface area (Å²) in [5.41, 5.74) is 2.05. The summed E-state index contributed by atoms with van der Waals surface area (Å²) >= 11 is 0. The Morgan fingerprint density at radius 3 is 2.17 bits per heavy atom. The highest BCUT2D eigenvalue weighted by atomic mass is 16.5. The molecule has 2 aliphatic rings. The van der Waals surface area contributed by atoms with Crippen LogP contribution in [0.1, 0.15) is 39.5 Å². The Labute approximate surface area is 145 Å². The molecule has 0 radical (unpaired) electrons. The number of hydrogen-bond donors (Lipinski definition) is 1. The van der Waals surface area contributed by atoms with Crippen molar-refractivity contribution in [3.63, 3.8) is 0 Å². The molecule has 2 saturated heterocycles. The van der Waals surface area contributed by atoms with Crippen molar-refractivity contribution in [1.29, 1.82) is 0 Å². The van der Waals surface area contributed by atoms with Gasteiger partial charge in [-0.25, -0.2) is 4.79 Å². The lowest BCUT2D eigenvalue weighted by Crippen LogP contribution is -2.45. The normalized spacial score (nSPS) is 25.2. The van der Waals surface area contributed by atoms with Crippen LogP contribution in [0.15, 0.2) is 24.3 Å². The molecule has 1 N–H and O–H groups in total. The second-order valence-electron chi connectivity index (χ2n) is 7.04. The van der Waals surface area contributed by atoms with Crippen LogP contribution >= 0.6 is 0 Å². The molecule has 0 saturated carbocycles. The third-order valence-electron chi connectivity index (χ3n) is 4.80. The summed E-state index contributed by atoms with van der Waals surface area (Å²) in [4.78, 5) is 16.7. The first kappa shape index (κ1) is 17.1. The predicted octanol–water partition coefficient (Wildman–Crippen LogP) is 3.71. The number of carbonyl (C=O) groups excluding carboxylic acids is 1. The maximum atomic E-state index is 12.4. The third kappa shape index (κ3) is 4.41. The number of likely N-dealkylation sites (tertiary alicyclic amines) is 1. The molecule has 2 amide bonds. The highest BCUT2D eigenvalue weighted by Gasteiger charge is 2.22. The summed E-state index contributed by atoms with van der Waals surface area (Å²) in [5.74, 6) is 0. The predicted molar refractivity (Wildman–Crippen MR) is 97.7 cm³/mol. The summed E-state index contributed by atoms with van der Waals surface area (Å²) in [5, 5.41) is 3.03. The second kappa shape index (κ2) is 7.88. The molecule has 1 aromatic carbocycles. The summed E-state index contributed by atoms with van der Waals surface area (Å²) in [7, 11) is 0. The van der Waals surface area contributed by atoms with Crippen LogP contribution in [0.5, 0.6) is 0 Å². The summed E-state index contributed by atoms with van der Waals surface area (Å²) < 4.78 is 5.79. The maximum absolute atomic E-state index is 12.4. The Morgan fingerprint density at radius 2 is 1.58 bits per heavy atom. The Hall–Kier alpha value is -1.75. The topological polar surface area (TPSA) is 44.8 Å². The lowest BCUT2D eigenvalue weighted by molar-refractivity contribution is -0.00521.